The highest BCUT2D eigenvalue weighted by Crippen LogP contribution is 2.40. The summed E-state index contributed by atoms with van der Waals surface area (Å²) in [6.07, 6.45) is 16.0. The summed E-state index contributed by atoms with van der Waals surface area (Å²) in [5.41, 5.74) is 3.44. The number of hydrogen-bond acceptors (Lipinski definition) is 5. The van der Waals surface area contributed by atoms with Gasteiger partial charge in [-0.1, -0.05) is 33.1 Å². The van der Waals surface area contributed by atoms with Crippen LogP contribution in [0.25, 0.3) is 0 Å². The normalized spacial score (nSPS) is 31.1. The molecule has 4 aliphatic carbocycles. The number of allylic oxidation sites excluding steroid dienone is 2. The number of nitrogens with zero attached hydrogens (tertiary/aromatic N) is 2. The maximum atomic E-state index is 13.7. The first-order valence-electron chi connectivity index (χ1n) is 14.8. The summed E-state index contributed by atoms with van der Waals surface area (Å²) in [5, 5.41) is 1.72. The molecule has 7 nitrogen and oxygen atoms in total. The first-order valence-corrected chi connectivity index (χ1v) is 14.8. The van der Waals surface area contributed by atoms with Crippen LogP contribution >= 0.6 is 0 Å². The van der Waals surface area contributed by atoms with E-state index in [0.717, 1.165) is 63.7 Å². The molecule has 1 saturated heterocycles. The fourth-order valence-electron chi connectivity index (χ4n) is 6.76. The minimum atomic E-state index is -0.217. The quantitative estimate of drug-likeness (QED) is 0.482. The Morgan fingerprint density at radius 3 is 2.53 bits per heavy atom. The highest BCUT2D eigenvalue weighted by atomic mass is 16.6. The summed E-state index contributed by atoms with van der Waals surface area (Å²) in [4.78, 5) is 28.7. The zero-order valence-corrected chi connectivity index (χ0v) is 22.5. The fraction of sp³-hybridized carbons (Fsp3) is 0.862. The molecule has 4 atom stereocenters. The molecule has 4 unspecified atom stereocenters. The number of fused-ring (bicyclic) bond motifs is 1. The standard InChI is InChI=1S/C29H47N3O4/c1-20(2)18-35-26-13-8-22(9-14-26)28(33)32(24-10-11-24)25-12-15-27-23(16-25)17-31(30-27)29(34)36-19-21-6-4-3-5-7-21/h13,20-25,27,30H,3-12,14-19H2,1-2H3. The number of ether oxygens (including phenoxy) is 2. The molecule has 0 radical (unpaired) electrons. The zero-order chi connectivity index (χ0) is 25.1. The Balaban J connectivity index is 1.12. The van der Waals surface area contributed by atoms with E-state index in [4.69, 9.17) is 9.47 Å². The molecule has 1 N–H and O–H groups in total. The number of carbonyl (C=O) groups is 2. The number of rotatable bonds is 8. The monoisotopic (exact) mass is 501 g/mol. The number of nitrogens with one attached hydrogen (secondary N) is 1. The van der Waals surface area contributed by atoms with Gasteiger partial charge in [-0.2, -0.15) is 0 Å². The van der Waals surface area contributed by atoms with Crippen LogP contribution in [0.2, 0.25) is 0 Å². The first-order chi connectivity index (χ1) is 17.5. The van der Waals surface area contributed by atoms with Gasteiger partial charge < -0.3 is 14.4 Å². The molecule has 0 aromatic rings. The van der Waals surface area contributed by atoms with E-state index in [1.54, 1.807) is 5.01 Å². The SMILES string of the molecule is CC(C)COC1=CCC(C(=O)N(C2CC2)C2CCC3NN(C(=O)OCC4CCCCC4)CC3C2)CC1. The van der Waals surface area contributed by atoms with Gasteiger partial charge in [-0.25, -0.2) is 15.2 Å². The molecule has 0 aromatic heterocycles. The van der Waals surface area contributed by atoms with E-state index < -0.39 is 0 Å². The van der Waals surface area contributed by atoms with Crippen LogP contribution < -0.4 is 5.43 Å². The lowest BCUT2D eigenvalue weighted by molar-refractivity contribution is -0.140. The van der Waals surface area contributed by atoms with Gasteiger partial charge in [0.05, 0.1) is 19.0 Å². The summed E-state index contributed by atoms with van der Waals surface area (Å²) in [6.45, 7) is 6.33. The Labute approximate surface area is 217 Å². The van der Waals surface area contributed by atoms with Crippen LogP contribution in [0.1, 0.15) is 97.3 Å². The summed E-state index contributed by atoms with van der Waals surface area (Å²) in [5.74, 6) is 2.95. The lowest BCUT2D eigenvalue weighted by atomic mass is 9.81. The topological polar surface area (TPSA) is 71.1 Å². The number of amides is 2. The van der Waals surface area contributed by atoms with Crippen LogP contribution in [0.15, 0.2) is 11.8 Å². The molecule has 202 valence electrons. The van der Waals surface area contributed by atoms with Gasteiger partial charge in [0.1, 0.15) is 0 Å². The molecule has 2 amide bonds. The Morgan fingerprint density at radius 2 is 1.83 bits per heavy atom. The van der Waals surface area contributed by atoms with Gasteiger partial charge in [0.25, 0.3) is 0 Å². The molecule has 0 spiro atoms. The number of carbonyl (C=O) groups excluding carboxylic acids is 2. The molecule has 1 aliphatic heterocycles. The third-order valence-corrected chi connectivity index (χ3v) is 8.99. The van der Waals surface area contributed by atoms with Gasteiger partial charge in [0.2, 0.25) is 5.91 Å². The summed E-state index contributed by atoms with van der Waals surface area (Å²) < 4.78 is 11.6. The van der Waals surface area contributed by atoms with Crippen molar-refractivity contribution in [1.29, 1.82) is 0 Å². The Hall–Kier alpha value is -1.76. The predicted molar refractivity (Wildman–Crippen MR) is 139 cm³/mol. The zero-order valence-electron chi connectivity index (χ0n) is 22.5. The molecular weight excluding hydrogens is 454 g/mol. The van der Waals surface area contributed by atoms with Gasteiger partial charge in [-0.3, -0.25) is 4.79 Å². The van der Waals surface area contributed by atoms with Crippen molar-refractivity contribution in [2.45, 2.75) is 115 Å². The highest BCUT2D eigenvalue weighted by Gasteiger charge is 2.46. The van der Waals surface area contributed by atoms with Gasteiger partial charge in [-0.15, -0.1) is 0 Å². The molecule has 7 heteroatoms. The highest BCUT2D eigenvalue weighted by molar-refractivity contribution is 5.80. The van der Waals surface area contributed by atoms with Crippen molar-refractivity contribution < 1.29 is 19.1 Å². The van der Waals surface area contributed by atoms with Crippen molar-refractivity contribution in [2.75, 3.05) is 19.8 Å². The molecule has 4 fully saturated rings. The summed E-state index contributed by atoms with van der Waals surface area (Å²) in [7, 11) is 0. The molecule has 0 aromatic carbocycles. The van der Waals surface area contributed by atoms with Gasteiger partial charge in [0.15, 0.2) is 0 Å². The minimum Gasteiger partial charge on any atom is -0.498 e. The maximum Gasteiger partial charge on any atom is 0.424 e. The van der Waals surface area contributed by atoms with Crippen molar-refractivity contribution in [1.82, 2.24) is 15.3 Å². The second kappa shape index (κ2) is 11.7. The third kappa shape index (κ3) is 6.38. The third-order valence-electron chi connectivity index (χ3n) is 8.99. The van der Waals surface area contributed by atoms with Crippen molar-refractivity contribution in [2.24, 2.45) is 23.7 Å². The van der Waals surface area contributed by atoms with E-state index in [1.165, 1.54) is 32.1 Å². The van der Waals surface area contributed by atoms with Crippen LogP contribution in [0, 0.1) is 23.7 Å². The molecule has 0 bridgehead atoms. The molecule has 5 aliphatic rings. The molecule has 3 saturated carbocycles. The Bertz CT molecular complexity index is 804. The predicted octanol–water partition coefficient (Wildman–Crippen LogP) is 5.41. The van der Waals surface area contributed by atoms with E-state index in [1.807, 2.05) is 0 Å². The molecule has 5 rings (SSSR count). The fourth-order valence-corrected chi connectivity index (χ4v) is 6.76. The maximum absolute atomic E-state index is 13.7. The largest absolute Gasteiger partial charge is 0.498 e. The smallest absolute Gasteiger partial charge is 0.424 e. The number of hydrazine groups is 1. The van der Waals surface area contributed by atoms with E-state index in [0.29, 0.717) is 54.9 Å². The van der Waals surface area contributed by atoms with Crippen LogP contribution in [0.3, 0.4) is 0 Å². The molecular formula is C29H47N3O4. The Kier molecular flexibility index (Phi) is 8.44. The average Bonchev–Trinajstić information content (AvgIpc) is 3.63. The second-order valence-electron chi connectivity index (χ2n) is 12.5. The number of hydrogen-bond donors (Lipinski definition) is 1. The molecule has 1 heterocycles. The van der Waals surface area contributed by atoms with E-state index in [-0.39, 0.29) is 12.0 Å². The van der Waals surface area contributed by atoms with E-state index >= 15 is 0 Å². The van der Waals surface area contributed by atoms with Crippen LogP contribution in [0.5, 0.6) is 0 Å². The summed E-state index contributed by atoms with van der Waals surface area (Å²) >= 11 is 0. The van der Waals surface area contributed by atoms with Gasteiger partial charge in [-0.05, 0) is 81.6 Å². The van der Waals surface area contributed by atoms with Crippen molar-refractivity contribution in [3.63, 3.8) is 0 Å². The Morgan fingerprint density at radius 1 is 1.06 bits per heavy atom. The van der Waals surface area contributed by atoms with Crippen molar-refractivity contribution >= 4 is 12.0 Å². The van der Waals surface area contributed by atoms with Crippen molar-refractivity contribution in [3.8, 4) is 0 Å². The van der Waals surface area contributed by atoms with Crippen molar-refractivity contribution in [3.05, 3.63) is 11.8 Å². The average molecular weight is 502 g/mol. The lowest BCUT2D eigenvalue weighted by Gasteiger charge is -2.40. The van der Waals surface area contributed by atoms with Crippen LogP contribution in [-0.2, 0) is 14.3 Å². The summed E-state index contributed by atoms with van der Waals surface area (Å²) in [6, 6.07) is 1.04. The second-order valence-corrected chi connectivity index (χ2v) is 12.5. The van der Waals surface area contributed by atoms with E-state index in [2.05, 4.69) is 30.2 Å². The first kappa shape index (κ1) is 25.9. The van der Waals surface area contributed by atoms with E-state index in [9.17, 15) is 9.59 Å². The lowest BCUT2D eigenvalue weighted by Crippen LogP contribution is -2.50. The minimum absolute atomic E-state index is 0.0858. The van der Waals surface area contributed by atoms with Crippen LogP contribution in [-0.4, -0.2) is 59.8 Å². The molecule has 36 heavy (non-hydrogen) atoms. The van der Waals surface area contributed by atoms with Gasteiger partial charge in [0, 0.05) is 37.0 Å². The van der Waals surface area contributed by atoms with Crippen LogP contribution in [0.4, 0.5) is 4.79 Å². The van der Waals surface area contributed by atoms with Gasteiger partial charge >= 0.3 is 6.09 Å².